The number of aromatic nitrogens is 2. The number of hydrogen-bond donors (Lipinski definition) is 2. The summed E-state index contributed by atoms with van der Waals surface area (Å²) in [6.45, 7) is 2.33. The first-order valence-electron chi connectivity index (χ1n) is 10.9. The molecule has 4 rings (SSSR count). The standard InChI is InChI=1S/C22H27F4N5O/c23-19-17(12-14-6-8-16(9-7-14)31-10-3-11-31)29-21(30-20(19)27)28-13-15-4-1-2-5-18(15)32-22(24,25)26/h1-2,4-5,14,16H,3,6-13H2,(H3,27,28,29,30)/t14-,16-. The van der Waals surface area contributed by atoms with Crippen molar-refractivity contribution >= 4 is 11.8 Å². The Labute approximate surface area is 184 Å². The highest BCUT2D eigenvalue weighted by Crippen LogP contribution is 2.33. The van der Waals surface area contributed by atoms with E-state index in [1.165, 1.54) is 37.7 Å². The summed E-state index contributed by atoms with van der Waals surface area (Å²) in [7, 11) is 0. The molecule has 10 heteroatoms. The van der Waals surface area contributed by atoms with E-state index in [1.807, 2.05) is 0 Å². The van der Waals surface area contributed by atoms with E-state index in [2.05, 4.69) is 24.9 Å². The number of nitrogens with zero attached hydrogens (tertiary/aromatic N) is 3. The van der Waals surface area contributed by atoms with Gasteiger partial charge in [0, 0.05) is 18.2 Å². The molecule has 32 heavy (non-hydrogen) atoms. The molecule has 0 amide bonds. The van der Waals surface area contributed by atoms with Gasteiger partial charge in [0.05, 0.1) is 5.69 Å². The number of hydrogen-bond acceptors (Lipinski definition) is 6. The molecule has 2 aromatic rings. The van der Waals surface area contributed by atoms with E-state index in [0.717, 1.165) is 25.7 Å². The number of benzene rings is 1. The maximum absolute atomic E-state index is 14.6. The predicted molar refractivity (Wildman–Crippen MR) is 112 cm³/mol. The third kappa shape index (κ3) is 5.59. The number of ether oxygens (including phenoxy) is 1. The fraction of sp³-hybridized carbons (Fsp3) is 0.545. The third-order valence-electron chi connectivity index (χ3n) is 6.29. The molecule has 0 radical (unpaired) electrons. The molecule has 1 aromatic heterocycles. The Balaban J connectivity index is 1.40. The van der Waals surface area contributed by atoms with Crippen LogP contribution in [0.25, 0.3) is 0 Å². The van der Waals surface area contributed by atoms with E-state index in [0.29, 0.717) is 18.4 Å². The van der Waals surface area contributed by atoms with Crippen LogP contribution in [0, 0.1) is 11.7 Å². The minimum Gasteiger partial charge on any atom is -0.405 e. The first-order chi connectivity index (χ1) is 15.3. The zero-order chi connectivity index (χ0) is 22.7. The van der Waals surface area contributed by atoms with Crippen molar-refractivity contribution in [3.05, 3.63) is 41.3 Å². The van der Waals surface area contributed by atoms with Crippen molar-refractivity contribution < 1.29 is 22.3 Å². The van der Waals surface area contributed by atoms with Gasteiger partial charge in [-0.05, 0) is 63.6 Å². The summed E-state index contributed by atoms with van der Waals surface area (Å²) in [6, 6.07) is 6.41. The molecule has 0 unspecified atom stereocenters. The van der Waals surface area contributed by atoms with E-state index in [9.17, 15) is 17.6 Å². The Morgan fingerprint density at radius 1 is 1.09 bits per heavy atom. The highest BCUT2D eigenvalue weighted by Gasteiger charge is 2.32. The highest BCUT2D eigenvalue weighted by molar-refractivity contribution is 5.42. The van der Waals surface area contributed by atoms with E-state index in [4.69, 9.17) is 5.73 Å². The minimum atomic E-state index is -4.80. The van der Waals surface area contributed by atoms with E-state index >= 15 is 0 Å². The van der Waals surface area contributed by atoms with Gasteiger partial charge in [-0.15, -0.1) is 13.2 Å². The second kappa shape index (κ2) is 9.48. The molecule has 1 saturated heterocycles. The van der Waals surface area contributed by atoms with Crippen molar-refractivity contribution in [1.29, 1.82) is 0 Å². The van der Waals surface area contributed by atoms with Crippen LogP contribution in [0.5, 0.6) is 5.75 Å². The zero-order valence-corrected chi connectivity index (χ0v) is 17.7. The first-order valence-corrected chi connectivity index (χ1v) is 10.9. The molecule has 1 aromatic carbocycles. The Kier molecular flexibility index (Phi) is 6.68. The van der Waals surface area contributed by atoms with Crippen LogP contribution in [0.2, 0.25) is 0 Å². The van der Waals surface area contributed by atoms with E-state index in [-0.39, 0.29) is 35.3 Å². The molecule has 2 fully saturated rings. The lowest BCUT2D eigenvalue weighted by molar-refractivity contribution is -0.274. The lowest BCUT2D eigenvalue weighted by atomic mass is 9.82. The molecule has 0 atom stereocenters. The lowest BCUT2D eigenvalue weighted by Crippen LogP contribution is -2.46. The molecule has 1 saturated carbocycles. The number of alkyl halides is 3. The van der Waals surface area contributed by atoms with Gasteiger partial charge in [-0.1, -0.05) is 18.2 Å². The maximum Gasteiger partial charge on any atom is 0.573 e. The molecule has 0 spiro atoms. The number of nitrogens with two attached hydrogens (primary N) is 1. The van der Waals surface area contributed by atoms with Crippen molar-refractivity contribution in [3.8, 4) is 5.75 Å². The van der Waals surface area contributed by atoms with Gasteiger partial charge in [-0.3, -0.25) is 0 Å². The second-order valence-electron chi connectivity index (χ2n) is 8.47. The zero-order valence-electron chi connectivity index (χ0n) is 17.7. The number of halogens is 4. The average Bonchev–Trinajstić information content (AvgIpc) is 2.70. The van der Waals surface area contributed by atoms with E-state index in [1.54, 1.807) is 6.07 Å². The number of nitrogens with one attached hydrogen (secondary N) is 1. The van der Waals surface area contributed by atoms with Gasteiger partial charge in [-0.2, -0.15) is 4.98 Å². The SMILES string of the molecule is Nc1nc(NCc2ccccc2OC(F)(F)F)nc(C[C@H]2CC[C@H](N3CCC3)CC2)c1F. The Hall–Kier alpha value is -2.62. The van der Waals surface area contributed by atoms with Crippen LogP contribution in [0.3, 0.4) is 0 Å². The predicted octanol–water partition coefficient (Wildman–Crippen LogP) is 4.52. The molecule has 174 valence electrons. The van der Waals surface area contributed by atoms with Crippen molar-refractivity contribution in [2.75, 3.05) is 24.1 Å². The molecule has 3 N–H and O–H groups in total. The van der Waals surface area contributed by atoms with Crippen LogP contribution >= 0.6 is 0 Å². The summed E-state index contributed by atoms with van der Waals surface area (Å²) >= 11 is 0. The maximum atomic E-state index is 14.6. The monoisotopic (exact) mass is 453 g/mol. The molecular formula is C22H27F4N5O. The molecule has 2 heterocycles. The summed E-state index contributed by atoms with van der Waals surface area (Å²) in [5.74, 6) is -0.811. The van der Waals surface area contributed by atoms with Crippen LogP contribution in [0.15, 0.2) is 24.3 Å². The van der Waals surface area contributed by atoms with Gasteiger partial charge < -0.3 is 20.7 Å². The minimum absolute atomic E-state index is 0.0301. The molecular weight excluding hydrogens is 426 g/mol. The van der Waals surface area contributed by atoms with Gasteiger partial charge in [0.2, 0.25) is 5.95 Å². The number of rotatable bonds is 7. The van der Waals surface area contributed by atoms with Crippen molar-refractivity contribution in [1.82, 2.24) is 14.9 Å². The number of para-hydroxylation sites is 1. The number of likely N-dealkylation sites (tertiary alicyclic amines) is 1. The number of anilines is 2. The topological polar surface area (TPSA) is 76.3 Å². The molecule has 2 aliphatic rings. The van der Waals surface area contributed by atoms with Crippen LogP contribution in [-0.2, 0) is 13.0 Å². The van der Waals surface area contributed by atoms with Crippen LogP contribution < -0.4 is 15.8 Å². The Morgan fingerprint density at radius 3 is 2.47 bits per heavy atom. The number of nitrogen functional groups attached to an aromatic ring is 1. The van der Waals surface area contributed by atoms with Gasteiger partial charge in [0.1, 0.15) is 5.75 Å². The summed E-state index contributed by atoms with van der Waals surface area (Å²) < 4.78 is 56.5. The fourth-order valence-corrected chi connectivity index (χ4v) is 4.47. The molecule has 1 aliphatic carbocycles. The molecule has 6 nitrogen and oxygen atoms in total. The first kappa shape index (κ1) is 22.6. The van der Waals surface area contributed by atoms with Gasteiger partial charge in [0.25, 0.3) is 0 Å². The molecule has 0 bridgehead atoms. The van der Waals surface area contributed by atoms with Gasteiger partial charge in [0.15, 0.2) is 11.6 Å². The molecule has 1 aliphatic heterocycles. The fourth-order valence-electron chi connectivity index (χ4n) is 4.47. The lowest BCUT2D eigenvalue weighted by Gasteiger charge is -2.42. The third-order valence-corrected chi connectivity index (χ3v) is 6.29. The quantitative estimate of drug-likeness (QED) is 0.601. The summed E-state index contributed by atoms with van der Waals surface area (Å²) in [5.41, 5.74) is 6.26. The smallest absolute Gasteiger partial charge is 0.405 e. The van der Waals surface area contributed by atoms with Crippen molar-refractivity contribution in [2.24, 2.45) is 5.92 Å². The van der Waals surface area contributed by atoms with Crippen molar-refractivity contribution in [2.45, 2.75) is 57.5 Å². The van der Waals surface area contributed by atoms with Crippen LogP contribution in [0.4, 0.5) is 29.3 Å². The summed E-state index contributed by atoms with van der Waals surface area (Å²) in [5, 5.41) is 2.85. The Bertz CT molecular complexity index is 927. The van der Waals surface area contributed by atoms with Crippen molar-refractivity contribution in [3.63, 3.8) is 0 Å². The summed E-state index contributed by atoms with van der Waals surface area (Å²) in [6.07, 6.45) is 1.17. The largest absolute Gasteiger partial charge is 0.573 e. The average molecular weight is 453 g/mol. The van der Waals surface area contributed by atoms with Crippen LogP contribution in [-0.4, -0.2) is 40.4 Å². The second-order valence-corrected chi connectivity index (χ2v) is 8.47. The Morgan fingerprint density at radius 2 is 1.81 bits per heavy atom. The summed E-state index contributed by atoms with van der Waals surface area (Å²) in [4.78, 5) is 10.7. The van der Waals surface area contributed by atoms with Gasteiger partial charge in [-0.25, -0.2) is 9.37 Å². The van der Waals surface area contributed by atoms with E-state index < -0.39 is 12.2 Å². The highest BCUT2D eigenvalue weighted by atomic mass is 19.4. The normalized spacial score (nSPS) is 21.8. The van der Waals surface area contributed by atoms with Gasteiger partial charge >= 0.3 is 6.36 Å². The van der Waals surface area contributed by atoms with Crippen LogP contribution in [0.1, 0.15) is 43.4 Å².